The lowest BCUT2D eigenvalue weighted by atomic mass is 9.77. The molecule has 7 heteroatoms. The molecule has 5 nitrogen and oxygen atoms in total. The van der Waals surface area contributed by atoms with Gasteiger partial charge in [0.2, 0.25) is 0 Å². The quantitative estimate of drug-likeness (QED) is 0.787. The van der Waals surface area contributed by atoms with Gasteiger partial charge >= 0.3 is 0 Å². The fraction of sp³-hybridized carbons (Fsp3) is 0.308. The number of rotatable bonds is 2. The predicted molar refractivity (Wildman–Crippen MR) is 79.9 cm³/mol. The van der Waals surface area contributed by atoms with Crippen LogP contribution < -0.4 is 5.73 Å². The van der Waals surface area contributed by atoms with Gasteiger partial charge in [0.05, 0.1) is 21.3 Å². The van der Waals surface area contributed by atoms with Gasteiger partial charge in [0, 0.05) is 5.56 Å². The molecule has 20 heavy (non-hydrogen) atoms. The third-order valence-electron chi connectivity index (χ3n) is 3.70. The smallest absolute Gasteiger partial charge is 0.258 e. The summed E-state index contributed by atoms with van der Waals surface area (Å²) in [6.07, 6.45) is 2.99. The van der Waals surface area contributed by atoms with E-state index in [0.717, 1.165) is 35.0 Å². The first-order valence-corrected chi connectivity index (χ1v) is 7.09. The number of hydrogen-bond donors (Lipinski definition) is 1. The van der Waals surface area contributed by atoms with E-state index in [0.29, 0.717) is 11.7 Å². The second-order valence-corrected chi connectivity index (χ2v) is 5.85. The lowest BCUT2D eigenvalue weighted by molar-refractivity contribution is 0.229. The monoisotopic (exact) mass is 308 g/mol. The average molecular weight is 309 g/mol. The molecular weight excluding hydrogens is 296 g/mol. The van der Waals surface area contributed by atoms with E-state index in [1.807, 2.05) is 23.7 Å². The van der Waals surface area contributed by atoms with Crippen molar-refractivity contribution in [2.24, 2.45) is 5.73 Å². The largest absolute Gasteiger partial charge is 0.334 e. The van der Waals surface area contributed by atoms with Gasteiger partial charge in [0.25, 0.3) is 5.89 Å². The molecule has 0 radical (unpaired) electrons. The molecule has 0 bridgehead atoms. The first kappa shape index (κ1) is 13.5. The molecule has 0 aliphatic heterocycles. The van der Waals surface area contributed by atoms with Crippen LogP contribution in [0, 0.1) is 0 Å². The molecule has 0 saturated heterocycles. The molecule has 0 spiro atoms. The van der Waals surface area contributed by atoms with Crippen LogP contribution in [0.2, 0.25) is 0 Å². The summed E-state index contributed by atoms with van der Waals surface area (Å²) in [6.45, 7) is 0. The summed E-state index contributed by atoms with van der Waals surface area (Å²) in [5.41, 5.74) is 9.55. The molecule has 0 amide bonds. The fourth-order valence-corrected chi connectivity index (χ4v) is 3.03. The molecule has 2 heterocycles. The molecule has 0 atom stereocenters. The van der Waals surface area contributed by atoms with Crippen LogP contribution in [-0.4, -0.2) is 15.1 Å². The van der Waals surface area contributed by atoms with Crippen molar-refractivity contribution in [3.8, 4) is 11.5 Å². The average Bonchev–Trinajstić information content (AvgIpc) is 3.03. The van der Waals surface area contributed by atoms with E-state index in [2.05, 4.69) is 15.1 Å². The van der Waals surface area contributed by atoms with E-state index < -0.39 is 0 Å². The summed E-state index contributed by atoms with van der Waals surface area (Å²) in [4.78, 5) is 8.70. The minimum absolute atomic E-state index is 0. The highest BCUT2D eigenvalue weighted by atomic mass is 35.5. The summed E-state index contributed by atoms with van der Waals surface area (Å²) >= 11 is 1.60. The second kappa shape index (κ2) is 4.80. The fourth-order valence-electron chi connectivity index (χ4n) is 2.31. The van der Waals surface area contributed by atoms with Gasteiger partial charge in [-0.25, -0.2) is 4.98 Å². The molecule has 1 saturated carbocycles. The highest BCUT2D eigenvalue weighted by Crippen LogP contribution is 2.37. The zero-order valence-corrected chi connectivity index (χ0v) is 12.2. The molecule has 1 fully saturated rings. The normalized spacial score (nSPS) is 16.6. The second-order valence-electron chi connectivity index (χ2n) is 4.97. The maximum atomic E-state index is 6.20. The van der Waals surface area contributed by atoms with Crippen molar-refractivity contribution in [3.05, 3.63) is 29.5 Å². The van der Waals surface area contributed by atoms with Crippen molar-refractivity contribution >= 4 is 34.0 Å². The number of aromatic nitrogens is 3. The number of fused-ring (bicyclic) bond motifs is 1. The Morgan fingerprint density at radius 2 is 2.15 bits per heavy atom. The number of thiazole rings is 1. The van der Waals surface area contributed by atoms with E-state index in [4.69, 9.17) is 10.3 Å². The van der Waals surface area contributed by atoms with Gasteiger partial charge < -0.3 is 10.3 Å². The Morgan fingerprint density at radius 1 is 1.30 bits per heavy atom. The Bertz CT molecular complexity index is 750. The van der Waals surface area contributed by atoms with Crippen LogP contribution in [0.1, 0.15) is 25.1 Å². The molecule has 4 rings (SSSR count). The summed E-state index contributed by atoms with van der Waals surface area (Å²) in [5.74, 6) is 1.15. The van der Waals surface area contributed by atoms with Gasteiger partial charge in [0.1, 0.15) is 0 Å². The summed E-state index contributed by atoms with van der Waals surface area (Å²) in [5, 5.41) is 4.03. The number of benzene rings is 1. The maximum absolute atomic E-state index is 6.20. The van der Waals surface area contributed by atoms with Crippen molar-refractivity contribution in [2.45, 2.75) is 24.8 Å². The molecule has 1 aromatic carbocycles. The third-order valence-corrected chi connectivity index (χ3v) is 4.49. The van der Waals surface area contributed by atoms with Crippen LogP contribution >= 0.6 is 23.7 Å². The van der Waals surface area contributed by atoms with Gasteiger partial charge in [-0.2, -0.15) is 4.98 Å². The molecule has 1 aliphatic carbocycles. The van der Waals surface area contributed by atoms with E-state index >= 15 is 0 Å². The van der Waals surface area contributed by atoms with E-state index in [-0.39, 0.29) is 17.9 Å². The van der Waals surface area contributed by atoms with Crippen molar-refractivity contribution < 1.29 is 4.52 Å². The topological polar surface area (TPSA) is 77.8 Å². The van der Waals surface area contributed by atoms with E-state index in [1.54, 1.807) is 11.3 Å². The Labute approximate surface area is 125 Å². The zero-order chi connectivity index (χ0) is 12.9. The van der Waals surface area contributed by atoms with Gasteiger partial charge in [-0.15, -0.1) is 23.7 Å². The Morgan fingerprint density at radius 3 is 2.90 bits per heavy atom. The summed E-state index contributed by atoms with van der Waals surface area (Å²) in [6, 6.07) is 5.93. The van der Waals surface area contributed by atoms with E-state index in [9.17, 15) is 0 Å². The van der Waals surface area contributed by atoms with Crippen LogP contribution in [0.3, 0.4) is 0 Å². The molecule has 2 aromatic heterocycles. The highest BCUT2D eigenvalue weighted by Gasteiger charge is 2.39. The lowest BCUT2D eigenvalue weighted by Gasteiger charge is -2.34. The van der Waals surface area contributed by atoms with Crippen molar-refractivity contribution in [3.63, 3.8) is 0 Å². The van der Waals surface area contributed by atoms with Crippen molar-refractivity contribution in [1.82, 2.24) is 15.1 Å². The number of nitrogens with zero attached hydrogens (tertiary/aromatic N) is 3. The van der Waals surface area contributed by atoms with Gasteiger partial charge in [-0.3, -0.25) is 0 Å². The first-order valence-electron chi connectivity index (χ1n) is 6.21. The Hall–Kier alpha value is -1.50. The van der Waals surface area contributed by atoms with Gasteiger partial charge in [-0.05, 0) is 37.5 Å². The van der Waals surface area contributed by atoms with Gasteiger partial charge in [-0.1, -0.05) is 5.16 Å². The number of halogens is 1. The zero-order valence-electron chi connectivity index (χ0n) is 10.6. The van der Waals surface area contributed by atoms with E-state index in [1.165, 1.54) is 0 Å². The number of hydrogen-bond acceptors (Lipinski definition) is 6. The van der Waals surface area contributed by atoms with Crippen LogP contribution in [0.25, 0.3) is 21.7 Å². The van der Waals surface area contributed by atoms with Crippen molar-refractivity contribution in [1.29, 1.82) is 0 Å². The van der Waals surface area contributed by atoms with Crippen LogP contribution in [0.4, 0.5) is 0 Å². The molecular formula is C13H13ClN4OS. The highest BCUT2D eigenvalue weighted by molar-refractivity contribution is 7.16. The van der Waals surface area contributed by atoms with Crippen LogP contribution in [-0.2, 0) is 5.54 Å². The first-order chi connectivity index (χ1) is 9.24. The summed E-state index contributed by atoms with van der Waals surface area (Å²) < 4.78 is 6.46. The number of nitrogens with two attached hydrogens (primary N) is 1. The molecule has 0 unspecified atom stereocenters. The van der Waals surface area contributed by atoms with Crippen LogP contribution in [0.15, 0.2) is 28.2 Å². The third kappa shape index (κ3) is 2.00. The SMILES string of the molecule is Cl.NC1(c2noc(-c3ccc4ncsc4c3)n2)CCC1. The standard InChI is InChI=1S/C13H12N4OS.ClH/c14-13(4-1-5-13)12-16-11(18-17-12)8-2-3-9-10(6-8)19-7-15-9;/h2-3,6-7H,1,4-5,14H2;1H. The minimum atomic E-state index is -0.379. The summed E-state index contributed by atoms with van der Waals surface area (Å²) in [7, 11) is 0. The molecule has 1 aliphatic rings. The van der Waals surface area contributed by atoms with Crippen molar-refractivity contribution in [2.75, 3.05) is 0 Å². The molecule has 2 N–H and O–H groups in total. The predicted octanol–water partition coefficient (Wildman–Crippen LogP) is 3.11. The lowest BCUT2D eigenvalue weighted by Crippen LogP contribution is -2.44. The maximum Gasteiger partial charge on any atom is 0.258 e. The van der Waals surface area contributed by atoms with Gasteiger partial charge in [0.15, 0.2) is 5.82 Å². The Kier molecular flexibility index (Phi) is 3.24. The minimum Gasteiger partial charge on any atom is -0.334 e. The van der Waals surface area contributed by atoms with Crippen LogP contribution in [0.5, 0.6) is 0 Å². The molecule has 104 valence electrons. The Balaban J connectivity index is 0.00000121. The molecule has 3 aromatic rings.